The normalized spacial score (nSPS) is 22.6. The monoisotopic (exact) mass is 295 g/mol. The van der Waals surface area contributed by atoms with E-state index in [4.69, 9.17) is 5.84 Å². The van der Waals surface area contributed by atoms with E-state index in [0.29, 0.717) is 5.82 Å². The Balaban J connectivity index is 1.81. The van der Waals surface area contributed by atoms with E-state index in [9.17, 15) is 0 Å². The SMILES string of the molecule is CSc1nc(NN)cc(NCCC2CCC(C)CC2)n1. The molecule has 0 radical (unpaired) electrons. The van der Waals surface area contributed by atoms with Crippen molar-refractivity contribution in [1.82, 2.24) is 9.97 Å². The van der Waals surface area contributed by atoms with Crippen LogP contribution in [-0.2, 0) is 0 Å². The number of anilines is 2. The first kappa shape index (κ1) is 15.4. The zero-order chi connectivity index (χ0) is 14.4. The number of hydrogen-bond donors (Lipinski definition) is 3. The van der Waals surface area contributed by atoms with E-state index in [2.05, 4.69) is 27.6 Å². The van der Waals surface area contributed by atoms with Crippen LogP contribution in [0, 0.1) is 11.8 Å². The predicted molar refractivity (Wildman–Crippen MR) is 85.9 cm³/mol. The van der Waals surface area contributed by atoms with Gasteiger partial charge in [0.25, 0.3) is 0 Å². The van der Waals surface area contributed by atoms with Crippen molar-refractivity contribution in [3.05, 3.63) is 6.07 Å². The van der Waals surface area contributed by atoms with E-state index >= 15 is 0 Å². The van der Waals surface area contributed by atoms with Crippen LogP contribution >= 0.6 is 11.8 Å². The van der Waals surface area contributed by atoms with Crippen LogP contribution in [0.3, 0.4) is 0 Å². The van der Waals surface area contributed by atoms with Crippen molar-refractivity contribution in [3.8, 4) is 0 Å². The van der Waals surface area contributed by atoms with Crippen molar-refractivity contribution in [1.29, 1.82) is 0 Å². The molecule has 1 aromatic rings. The van der Waals surface area contributed by atoms with Crippen LogP contribution in [0.2, 0.25) is 0 Å². The molecule has 1 saturated carbocycles. The Hall–Kier alpha value is -1.01. The van der Waals surface area contributed by atoms with E-state index in [1.54, 1.807) is 0 Å². The van der Waals surface area contributed by atoms with Gasteiger partial charge in [-0.15, -0.1) is 0 Å². The highest BCUT2D eigenvalue weighted by Gasteiger charge is 2.17. The van der Waals surface area contributed by atoms with Crippen LogP contribution in [0.5, 0.6) is 0 Å². The van der Waals surface area contributed by atoms with Gasteiger partial charge < -0.3 is 10.7 Å². The summed E-state index contributed by atoms with van der Waals surface area (Å²) in [6.07, 6.45) is 8.70. The van der Waals surface area contributed by atoms with Gasteiger partial charge >= 0.3 is 0 Å². The average Bonchev–Trinajstić information content (AvgIpc) is 2.49. The fourth-order valence-electron chi connectivity index (χ4n) is 2.70. The van der Waals surface area contributed by atoms with Crippen LogP contribution in [0.4, 0.5) is 11.6 Å². The predicted octanol–water partition coefficient (Wildman–Crippen LogP) is 3.11. The Morgan fingerprint density at radius 2 is 1.95 bits per heavy atom. The van der Waals surface area contributed by atoms with E-state index in [0.717, 1.165) is 29.4 Å². The van der Waals surface area contributed by atoms with Gasteiger partial charge in [0.2, 0.25) is 0 Å². The molecule has 0 saturated heterocycles. The minimum absolute atomic E-state index is 0.651. The molecule has 5 nitrogen and oxygen atoms in total. The van der Waals surface area contributed by atoms with Gasteiger partial charge in [-0.1, -0.05) is 44.4 Å². The average molecular weight is 295 g/mol. The molecule has 1 aliphatic rings. The number of nitrogens with one attached hydrogen (secondary N) is 2. The minimum Gasteiger partial charge on any atom is -0.370 e. The zero-order valence-corrected chi connectivity index (χ0v) is 13.2. The molecular formula is C14H25N5S. The number of rotatable bonds is 6. The van der Waals surface area contributed by atoms with Gasteiger partial charge in [0.05, 0.1) is 0 Å². The fourth-order valence-corrected chi connectivity index (χ4v) is 3.08. The molecule has 0 atom stereocenters. The summed E-state index contributed by atoms with van der Waals surface area (Å²) >= 11 is 1.52. The highest BCUT2D eigenvalue weighted by molar-refractivity contribution is 7.98. The molecule has 4 N–H and O–H groups in total. The Labute approximate surface area is 125 Å². The van der Waals surface area contributed by atoms with E-state index in [1.807, 2.05) is 12.3 Å². The van der Waals surface area contributed by atoms with E-state index in [1.165, 1.54) is 43.9 Å². The highest BCUT2D eigenvalue weighted by Crippen LogP contribution is 2.30. The maximum atomic E-state index is 5.42. The second-order valence-electron chi connectivity index (χ2n) is 5.61. The Morgan fingerprint density at radius 3 is 2.60 bits per heavy atom. The number of nitrogens with zero attached hydrogens (tertiary/aromatic N) is 2. The van der Waals surface area contributed by atoms with Gasteiger partial charge in [0, 0.05) is 12.6 Å². The summed E-state index contributed by atoms with van der Waals surface area (Å²) in [5.74, 6) is 8.71. The molecule has 1 heterocycles. The number of aromatic nitrogens is 2. The van der Waals surface area contributed by atoms with Crippen molar-refractivity contribution in [3.63, 3.8) is 0 Å². The van der Waals surface area contributed by atoms with Crippen LogP contribution in [0.25, 0.3) is 0 Å². The second-order valence-corrected chi connectivity index (χ2v) is 6.38. The molecule has 1 aliphatic carbocycles. The summed E-state index contributed by atoms with van der Waals surface area (Å²) in [7, 11) is 0. The summed E-state index contributed by atoms with van der Waals surface area (Å²) < 4.78 is 0. The first-order valence-electron chi connectivity index (χ1n) is 7.34. The maximum Gasteiger partial charge on any atom is 0.191 e. The Kier molecular flexibility index (Phi) is 5.91. The lowest BCUT2D eigenvalue weighted by atomic mass is 9.81. The molecule has 0 amide bonds. The van der Waals surface area contributed by atoms with Crippen LogP contribution < -0.4 is 16.6 Å². The maximum absolute atomic E-state index is 5.42. The molecule has 20 heavy (non-hydrogen) atoms. The first-order valence-corrected chi connectivity index (χ1v) is 8.57. The molecule has 0 aliphatic heterocycles. The highest BCUT2D eigenvalue weighted by atomic mass is 32.2. The standard InChI is InChI=1S/C14H25N5S/c1-10-3-5-11(6-4-10)7-8-16-12-9-13(19-15)18-14(17-12)20-2/h9-11H,3-8,15H2,1-2H3,(H2,16,17,18,19). The minimum atomic E-state index is 0.651. The van der Waals surface area contributed by atoms with Crippen molar-refractivity contribution < 1.29 is 0 Å². The van der Waals surface area contributed by atoms with Crippen LogP contribution in [-0.4, -0.2) is 22.8 Å². The zero-order valence-electron chi connectivity index (χ0n) is 12.4. The van der Waals surface area contributed by atoms with Crippen LogP contribution in [0.1, 0.15) is 39.0 Å². The largest absolute Gasteiger partial charge is 0.370 e. The molecule has 0 aromatic carbocycles. The molecule has 112 valence electrons. The van der Waals surface area contributed by atoms with Crippen molar-refractivity contribution in [2.45, 2.75) is 44.2 Å². The second kappa shape index (κ2) is 7.69. The number of thioether (sulfide) groups is 1. The Bertz CT molecular complexity index is 396. The smallest absolute Gasteiger partial charge is 0.191 e. The van der Waals surface area contributed by atoms with Gasteiger partial charge in [0.1, 0.15) is 11.6 Å². The number of nitrogens with two attached hydrogens (primary N) is 1. The fraction of sp³-hybridized carbons (Fsp3) is 0.714. The summed E-state index contributed by atoms with van der Waals surface area (Å²) in [4.78, 5) is 8.69. The van der Waals surface area contributed by atoms with E-state index in [-0.39, 0.29) is 0 Å². The van der Waals surface area contributed by atoms with Gasteiger partial charge in [-0.25, -0.2) is 15.8 Å². The summed E-state index contributed by atoms with van der Waals surface area (Å²) in [5, 5.41) is 4.12. The van der Waals surface area contributed by atoms with Gasteiger partial charge in [-0.05, 0) is 24.5 Å². The first-order chi connectivity index (χ1) is 9.71. The Morgan fingerprint density at radius 1 is 1.25 bits per heavy atom. The summed E-state index contributed by atoms with van der Waals surface area (Å²) in [6.45, 7) is 3.33. The van der Waals surface area contributed by atoms with Gasteiger partial charge in [-0.3, -0.25) is 0 Å². The number of nitrogen functional groups attached to an aromatic ring is 1. The van der Waals surface area contributed by atoms with Gasteiger partial charge in [0.15, 0.2) is 5.16 Å². The molecule has 6 heteroatoms. The number of hydrazine groups is 1. The third-order valence-electron chi connectivity index (χ3n) is 4.03. The molecule has 0 bridgehead atoms. The molecule has 1 fully saturated rings. The van der Waals surface area contributed by atoms with Crippen molar-refractivity contribution >= 4 is 23.4 Å². The number of hydrogen-bond acceptors (Lipinski definition) is 6. The molecule has 2 rings (SSSR count). The molecule has 1 aromatic heterocycles. The third-order valence-corrected chi connectivity index (χ3v) is 4.58. The molecule has 0 unspecified atom stereocenters. The molecule has 0 spiro atoms. The topological polar surface area (TPSA) is 75.9 Å². The van der Waals surface area contributed by atoms with Gasteiger partial charge in [-0.2, -0.15) is 0 Å². The quantitative estimate of drug-likeness (QED) is 0.324. The third kappa shape index (κ3) is 4.52. The van der Waals surface area contributed by atoms with E-state index < -0.39 is 0 Å². The van der Waals surface area contributed by atoms with Crippen molar-refractivity contribution in [2.75, 3.05) is 23.5 Å². The van der Waals surface area contributed by atoms with Crippen LogP contribution in [0.15, 0.2) is 11.2 Å². The van der Waals surface area contributed by atoms with Crippen molar-refractivity contribution in [2.24, 2.45) is 17.7 Å². The summed E-state index contributed by atoms with van der Waals surface area (Å²) in [6, 6.07) is 1.85. The lowest BCUT2D eigenvalue weighted by Crippen LogP contribution is -2.16. The lowest BCUT2D eigenvalue weighted by Gasteiger charge is -2.26. The lowest BCUT2D eigenvalue weighted by molar-refractivity contribution is 0.282. The molecular weight excluding hydrogens is 270 g/mol. The summed E-state index contributed by atoms with van der Waals surface area (Å²) in [5.41, 5.74) is 2.58.